The van der Waals surface area contributed by atoms with Gasteiger partial charge in [0.1, 0.15) is 11.3 Å². The molecule has 134 valence electrons. The van der Waals surface area contributed by atoms with Crippen LogP contribution in [0.3, 0.4) is 0 Å². The molecule has 6 nitrogen and oxygen atoms in total. The number of aromatic nitrogens is 2. The van der Waals surface area contributed by atoms with Crippen LogP contribution in [-0.2, 0) is 30.2 Å². The first kappa shape index (κ1) is 17.1. The van der Waals surface area contributed by atoms with Gasteiger partial charge in [0.15, 0.2) is 0 Å². The van der Waals surface area contributed by atoms with Gasteiger partial charge in [0.05, 0.1) is 25.3 Å². The number of halogens is 2. The Hall–Kier alpha value is -1.70. The van der Waals surface area contributed by atoms with E-state index in [9.17, 15) is 13.6 Å². The summed E-state index contributed by atoms with van der Waals surface area (Å²) in [6, 6.07) is -0.141. The van der Waals surface area contributed by atoms with Gasteiger partial charge in [-0.2, -0.15) is 13.9 Å². The lowest BCUT2D eigenvalue weighted by Gasteiger charge is -2.35. The number of fused-ring (bicyclic) bond motifs is 3. The fourth-order valence-corrected chi connectivity index (χ4v) is 3.25. The van der Waals surface area contributed by atoms with E-state index in [0.717, 1.165) is 0 Å². The minimum absolute atomic E-state index is 0.0667. The van der Waals surface area contributed by atoms with Crippen molar-refractivity contribution in [2.75, 3.05) is 13.1 Å². The zero-order valence-corrected chi connectivity index (χ0v) is 14.5. The highest BCUT2D eigenvalue weighted by molar-refractivity contribution is 5.69. The number of nitrogens with one attached hydrogen (secondary N) is 1. The van der Waals surface area contributed by atoms with Gasteiger partial charge in [-0.1, -0.05) is 0 Å². The summed E-state index contributed by atoms with van der Waals surface area (Å²) in [5.74, 6) is -3.00. The molecule has 0 unspecified atom stereocenters. The first-order chi connectivity index (χ1) is 11.1. The molecule has 0 saturated heterocycles. The van der Waals surface area contributed by atoms with Crippen molar-refractivity contribution in [2.45, 2.75) is 64.8 Å². The number of carbonyl (C=O) groups is 1. The topological polar surface area (TPSA) is 59.4 Å². The molecule has 0 bridgehead atoms. The second-order valence-corrected chi connectivity index (χ2v) is 7.54. The lowest BCUT2D eigenvalue weighted by molar-refractivity contribution is -0.00994. The maximum Gasteiger partial charge on any atom is 0.410 e. The fourth-order valence-electron chi connectivity index (χ4n) is 3.25. The van der Waals surface area contributed by atoms with E-state index in [0.29, 0.717) is 30.8 Å². The van der Waals surface area contributed by atoms with Gasteiger partial charge >= 0.3 is 12.0 Å². The highest BCUT2D eigenvalue weighted by Gasteiger charge is 2.43. The van der Waals surface area contributed by atoms with Crippen molar-refractivity contribution in [2.24, 2.45) is 0 Å². The molecule has 0 saturated carbocycles. The molecule has 3 rings (SSSR count). The van der Waals surface area contributed by atoms with Crippen molar-refractivity contribution >= 4 is 6.09 Å². The molecule has 1 aromatic rings. The number of nitrogens with zero attached hydrogens (tertiary/aromatic N) is 3. The molecular formula is C16H24F2N4O2. The number of hydrogen-bond donors (Lipinski definition) is 1. The fraction of sp³-hybridized carbons (Fsp3) is 0.750. The number of hydrogen-bond acceptors (Lipinski definition) is 4. The first-order valence-corrected chi connectivity index (χ1v) is 8.26. The molecule has 1 atom stereocenters. The van der Waals surface area contributed by atoms with Crippen LogP contribution < -0.4 is 5.32 Å². The van der Waals surface area contributed by atoms with E-state index in [2.05, 4.69) is 10.4 Å². The van der Waals surface area contributed by atoms with Crippen molar-refractivity contribution in [3.05, 3.63) is 17.0 Å². The van der Waals surface area contributed by atoms with Crippen molar-refractivity contribution < 1.29 is 18.3 Å². The summed E-state index contributed by atoms with van der Waals surface area (Å²) in [6.07, 6.45) is -0.0198. The number of alkyl halides is 2. The molecule has 0 aromatic carbocycles. The molecule has 0 radical (unpaired) electrons. The lowest BCUT2D eigenvalue weighted by atomic mass is 9.98. The van der Waals surface area contributed by atoms with Gasteiger partial charge in [0, 0.05) is 24.6 Å². The SMILES string of the molecule is C[C@@H]1Cc2nn3c(c2CN1C(=O)OC(C)(C)C)C(F)(F)CNCC3. The van der Waals surface area contributed by atoms with Crippen LogP contribution in [0, 0.1) is 0 Å². The average Bonchev–Trinajstić information content (AvgIpc) is 2.71. The van der Waals surface area contributed by atoms with Crippen LogP contribution >= 0.6 is 0 Å². The molecule has 1 N–H and O–H groups in total. The maximum absolute atomic E-state index is 14.5. The molecule has 2 aliphatic heterocycles. The molecular weight excluding hydrogens is 318 g/mol. The minimum atomic E-state index is -3.00. The normalized spacial score (nSPS) is 23.2. The Morgan fingerprint density at radius 3 is 2.79 bits per heavy atom. The summed E-state index contributed by atoms with van der Waals surface area (Å²) in [6.45, 7) is 7.80. The van der Waals surface area contributed by atoms with E-state index < -0.39 is 24.2 Å². The number of amides is 1. The van der Waals surface area contributed by atoms with E-state index >= 15 is 0 Å². The van der Waals surface area contributed by atoms with Crippen molar-refractivity contribution in [3.63, 3.8) is 0 Å². The largest absolute Gasteiger partial charge is 0.444 e. The zero-order valence-electron chi connectivity index (χ0n) is 14.5. The molecule has 1 amide bonds. The van der Waals surface area contributed by atoms with Gasteiger partial charge in [0.25, 0.3) is 0 Å². The van der Waals surface area contributed by atoms with Crippen LogP contribution in [-0.4, -0.2) is 45.5 Å². The van der Waals surface area contributed by atoms with Crippen LogP contribution in [0.4, 0.5) is 13.6 Å². The Bertz CT molecular complexity index is 651. The molecule has 24 heavy (non-hydrogen) atoms. The van der Waals surface area contributed by atoms with Gasteiger partial charge in [-0.25, -0.2) is 4.79 Å². The maximum atomic E-state index is 14.5. The summed E-state index contributed by atoms with van der Waals surface area (Å²) in [4.78, 5) is 13.9. The quantitative estimate of drug-likeness (QED) is 0.786. The second kappa shape index (κ2) is 5.68. The van der Waals surface area contributed by atoms with Crippen molar-refractivity contribution in [1.29, 1.82) is 0 Å². The average molecular weight is 342 g/mol. The van der Waals surface area contributed by atoms with E-state index in [-0.39, 0.29) is 18.3 Å². The Kier molecular flexibility index (Phi) is 4.06. The standard InChI is InChI=1S/C16H24F2N4O2/c1-10-7-12-11(8-21(10)14(23)24-15(2,3)4)13-16(17,18)9-19-5-6-22(13)20-12/h10,19H,5-9H2,1-4H3/t10-/m1/s1. The molecule has 8 heteroatoms. The highest BCUT2D eigenvalue weighted by atomic mass is 19.3. The predicted octanol–water partition coefficient (Wildman–Crippen LogP) is 2.26. The highest BCUT2D eigenvalue weighted by Crippen LogP contribution is 2.36. The molecule has 3 heterocycles. The Balaban J connectivity index is 1.94. The monoisotopic (exact) mass is 342 g/mol. The lowest BCUT2D eigenvalue weighted by Crippen LogP contribution is -2.45. The first-order valence-electron chi connectivity index (χ1n) is 8.26. The zero-order chi connectivity index (χ0) is 17.7. The van der Waals surface area contributed by atoms with Crippen LogP contribution in [0.1, 0.15) is 44.6 Å². The summed E-state index contributed by atoms with van der Waals surface area (Å²) in [5.41, 5.74) is 0.440. The van der Waals surface area contributed by atoms with Crippen LogP contribution in [0.5, 0.6) is 0 Å². The van der Waals surface area contributed by atoms with Crippen LogP contribution in [0.15, 0.2) is 0 Å². The number of ether oxygens (including phenoxy) is 1. The molecule has 0 fully saturated rings. The summed E-state index contributed by atoms with van der Waals surface area (Å²) < 4.78 is 35.9. The van der Waals surface area contributed by atoms with E-state index in [1.807, 2.05) is 6.92 Å². The van der Waals surface area contributed by atoms with Crippen LogP contribution in [0.25, 0.3) is 0 Å². The van der Waals surface area contributed by atoms with Gasteiger partial charge in [-0.05, 0) is 27.7 Å². The van der Waals surface area contributed by atoms with Crippen molar-refractivity contribution in [3.8, 4) is 0 Å². The van der Waals surface area contributed by atoms with Crippen molar-refractivity contribution in [1.82, 2.24) is 20.0 Å². The molecule has 2 aliphatic rings. The molecule has 0 spiro atoms. The Morgan fingerprint density at radius 1 is 1.42 bits per heavy atom. The molecule has 1 aromatic heterocycles. The van der Waals surface area contributed by atoms with Gasteiger partial charge in [0.2, 0.25) is 0 Å². The van der Waals surface area contributed by atoms with E-state index in [1.165, 1.54) is 9.58 Å². The third-order valence-corrected chi connectivity index (χ3v) is 4.30. The Labute approximate surface area is 140 Å². The summed E-state index contributed by atoms with van der Waals surface area (Å²) in [7, 11) is 0. The second-order valence-electron chi connectivity index (χ2n) is 7.54. The number of carbonyl (C=O) groups excluding carboxylic acids is 1. The minimum Gasteiger partial charge on any atom is -0.444 e. The third-order valence-electron chi connectivity index (χ3n) is 4.30. The van der Waals surface area contributed by atoms with E-state index in [1.54, 1.807) is 20.8 Å². The predicted molar refractivity (Wildman–Crippen MR) is 83.9 cm³/mol. The smallest absolute Gasteiger partial charge is 0.410 e. The van der Waals surface area contributed by atoms with Gasteiger partial charge in [-0.15, -0.1) is 0 Å². The number of rotatable bonds is 0. The summed E-state index contributed by atoms with van der Waals surface area (Å²) >= 11 is 0. The van der Waals surface area contributed by atoms with E-state index in [4.69, 9.17) is 4.74 Å². The third kappa shape index (κ3) is 3.11. The van der Waals surface area contributed by atoms with Gasteiger partial charge in [-0.3, -0.25) is 4.68 Å². The Morgan fingerprint density at radius 2 is 2.12 bits per heavy atom. The summed E-state index contributed by atoms with van der Waals surface area (Å²) in [5, 5.41) is 7.12. The van der Waals surface area contributed by atoms with Crippen LogP contribution in [0.2, 0.25) is 0 Å². The molecule has 0 aliphatic carbocycles. The van der Waals surface area contributed by atoms with Gasteiger partial charge < -0.3 is 15.0 Å².